The predicted molar refractivity (Wildman–Crippen MR) is 200 cm³/mol. The van der Waals surface area contributed by atoms with E-state index in [9.17, 15) is 16.8 Å². The van der Waals surface area contributed by atoms with Crippen molar-refractivity contribution < 1.29 is 16.8 Å². The van der Waals surface area contributed by atoms with Crippen LogP contribution < -0.4 is 0 Å². The molecule has 0 aliphatic heterocycles. The Morgan fingerprint density at radius 2 is 1.25 bits per heavy atom. The van der Waals surface area contributed by atoms with E-state index >= 15 is 0 Å². The fraction of sp³-hybridized carbons (Fsp3) is 0.0625. The second-order valence-electron chi connectivity index (χ2n) is 10.7. The van der Waals surface area contributed by atoms with Gasteiger partial charge >= 0.3 is 0 Å². The molecule has 51 heavy (non-hydrogen) atoms. The third-order valence-electron chi connectivity index (χ3n) is 7.10. The number of hydrogen-bond acceptors (Lipinski definition) is 10. The number of H-pyrrole nitrogens is 1. The molecule has 0 atom stereocenters. The summed E-state index contributed by atoms with van der Waals surface area (Å²) < 4.78 is 53.3. The summed E-state index contributed by atoms with van der Waals surface area (Å²) in [5, 5.41) is 21.4. The first kappa shape index (κ1) is 36.1. The van der Waals surface area contributed by atoms with Crippen LogP contribution >= 0.6 is 42.5 Å². The fourth-order valence-electron chi connectivity index (χ4n) is 4.80. The van der Waals surface area contributed by atoms with Crippen LogP contribution in [0.2, 0.25) is 0 Å². The molecule has 0 spiro atoms. The van der Waals surface area contributed by atoms with Gasteiger partial charge in [0.25, 0.3) is 19.1 Å². The van der Waals surface area contributed by atoms with E-state index in [0.29, 0.717) is 16.7 Å². The second kappa shape index (κ2) is 14.8. The number of benzene rings is 2. The standard InChI is InChI=1S/C16H12BrN5O2S.C10H8BrN5.C6H5ClO2S/c1-21-10-11(8-19-21)15-14-7-12(17)9-18-16(14)22(20-15)25(23,24)13-5-3-2-4-6-13;1-16-5-6(3-13-16)9-8-2-7(11)4-12-10(8)15-14-9;7-10(8,9)6-4-2-1-3-5-6/h2-10H,1H3;2-5H,1H3,(H,12,14,15);1-5H. The van der Waals surface area contributed by atoms with Crippen LogP contribution in [-0.4, -0.2) is 65.7 Å². The number of nitrogens with one attached hydrogen (secondary N) is 1. The zero-order valence-corrected chi connectivity index (χ0v) is 32.1. The van der Waals surface area contributed by atoms with Crippen LogP contribution in [0.4, 0.5) is 0 Å². The molecule has 6 aromatic heterocycles. The molecule has 0 bridgehead atoms. The Morgan fingerprint density at radius 3 is 1.80 bits per heavy atom. The van der Waals surface area contributed by atoms with Crippen molar-refractivity contribution in [2.75, 3.05) is 0 Å². The van der Waals surface area contributed by atoms with Crippen molar-refractivity contribution in [2.45, 2.75) is 9.79 Å². The van der Waals surface area contributed by atoms with E-state index < -0.39 is 19.1 Å². The Hall–Kier alpha value is -4.75. The van der Waals surface area contributed by atoms with Gasteiger partial charge in [-0.2, -0.15) is 28.8 Å². The number of aryl methyl sites for hydroxylation is 2. The van der Waals surface area contributed by atoms with Crippen LogP contribution in [0.5, 0.6) is 0 Å². The van der Waals surface area contributed by atoms with Gasteiger partial charge in [-0.05, 0) is 68.3 Å². The number of pyridine rings is 2. The molecular weight excluding hydrogens is 848 g/mol. The first-order chi connectivity index (χ1) is 24.3. The Bertz CT molecular complexity index is 2700. The number of aromatic nitrogens is 10. The fourth-order valence-corrected chi connectivity index (χ4v) is 7.51. The van der Waals surface area contributed by atoms with E-state index in [2.05, 4.69) is 67.3 Å². The summed E-state index contributed by atoms with van der Waals surface area (Å²) in [6.45, 7) is 0. The number of nitrogens with zero attached hydrogens (tertiary/aromatic N) is 9. The highest BCUT2D eigenvalue weighted by atomic mass is 79.9. The average molecular weight is 873 g/mol. The summed E-state index contributed by atoms with van der Waals surface area (Å²) >= 11 is 6.78. The molecule has 19 heteroatoms. The normalized spacial score (nSPS) is 11.5. The molecule has 0 aliphatic carbocycles. The molecule has 0 amide bonds. The van der Waals surface area contributed by atoms with Crippen LogP contribution in [0.1, 0.15) is 0 Å². The van der Waals surface area contributed by atoms with Crippen LogP contribution in [0.15, 0.2) is 129 Å². The molecule has 0 aliphatic rings. The molecule has 0 saturated heterocycles. The largest absolute Gasteiger partial charge is 0.284 e. The minimum absolute atomic E-state index is 0.136. The average Bonchev–Trinajstić information content (AvgIpc) is 3.92. The van der Waals surface area contributed by atoms with E-state index in [1.807, 2.05) is 19.3 Å². The maximum absolute atomic E-state index is 13.0. The summed E-state index contributed by atoms with van der Waals surface area (Å²) in [4.78, 5) is 8.78. The first-order valence-corrected chi connectivity index (χ1v) is 20.0. The van der Waals surface area contributed by atoms with Crippen molar-refractivity contribution in [1.82, 2.24) is 48.9 Å². The van der Waals surface area contributed by atoms with Crippen molar-refractivity contribution in [2.24, 2.45) is 14.1 Å². The topological polar surface area (TPSA) is 176 Å². The van der Waals surface area contributed by atoms with Gasteiger partial charge in [-0.1, -0.05) is 36.4 Å². The zero-order chi connectivity index (χ0) is 36.3. The molecule has 8 rings (SSSR count). The van der Waals surface area contributed by atoms with Crippen LogP contribution in [0.25, 0.3) is 44.6 Å². The van der Waals surface area contributed by atoms with Crippen LogP contribution in [0, 0.1) is 0 Å². The van der Waals surface area contributed by atoms with Crippen molar-refractivity contribution >= 4 is 83.7 Å². The number of rotatable bonds is 5. The summed E-state index contributed by atoms with van der Waals surface area (Å²) in [6.07, 6.45) is 10.4. The smallest absolute Gasteiger partial charge is 0.275 e. The van der Waals surface area contributed by atoms with Gasteiger partial charge in [0.1, 0.15) is 5.69 Å². The summed E-state index contributed by atoms with van der Waals surface area (Å²) in [5.74, 6) is 0. The Labute approximate surface area is 312 Å². The maximum atomic E-state index is 13.0. The third kappa shape index (κ3) is 8.10. The molecule has 14 nitrogen and oxygen atoms in total. The molecule has 6 heterocycles. The van der Waals surface area contributed by atoms with Crippen molar-refractivity contribution in [3.63, 3.8) is 0 Å². The highest BCUT2D eigenvalue weighted by molar-refractivity contribution is 9.10. The lowest BCUT2D eigenvalue weighted by molar-refractivity contribution is 0.582. The number of aromatic amines is 1. The number of fused-ring (bicyclic) bond motifs is 2. The van der Waals surface area contributed by atoms with Gasteiger partial charge in [-0.25, -0.2) is 18.4 Å². The molecule has 0 radical (unpaired) electrons. The molecule has 0 unspecified atom stereocenters. The third-order valence-corrected chi connectivity index (χ3v) is 10.9. The highest BCUT2D eigenvalue weighted by Gasteiger charge is 2.25. The second-order valence-corrected chi connectivity index (χ2v) is 16.9. The van der Waals surface area contributed by atoms with Crippen LogP contribution in [0.3, 0.4) is 0 Å². The summed E-state index contributed by atoms with van der Waals surface area (Å²) in [7, 11) is 1.32. The molecular formula is C32H25Br2ClN10O4S2. The summed E-state index contributed by atoms with van der Waals surface area (Å²) in [5.41, 5.74) is 4.15. The lowest BCUT2D eigenvalue weighted by Gasteiger charge is -2.04. The van der Waals surface area contributed by atoms with Crippen molar-refractivity contribution in [3.05, 3.63) is 119 Å². The minimum Gasteiger partial charge on any atom is -0.275 e. The SMILES string of the molecule is Cn1cc(-c2[nH]nc3ncc(Br)cc23)cn1.Cn1cc(-c2nn(S(=O)(=O)c3ccccc3)c3ncc(Br)cc23)cn1.O=S(=O)(Cl)c1ccccc1. The van der Waals surface area contributed by atoms with E-state index in [0.717, 1.165) is 35.2 Å². The lowest BCUT2D eigenvalue weighted by atomic mass is 10.2. The molecule has 0 fully saturated rings. The first-order valence-electron chi connectivity index (χ1n) is 14.6. The summed E-state index contributed by atoms with van der Waals surface area (Å²) in [6, 6.07) is 19.8. The maximum Gasteiger partial charge on any atom is 0.284 e. The van der Waals surface area contributed by atoms with Crippen LogP contribution in [-0.2, 0) is 33.2 Å². The number of halogens is 3. The Morgan fingerprint density at radius 1 is 0.706 bits per heavy atom. The van der Waals surface area contributed by atoms with Gasteiger partial charge < -0.3 is 0 Å². The molecule has 8 aromatic rings. The molecule has 260 valence electrons. The van der Waals surface area contributed by atoms with E-state index in [1.165, 1.54) is 24.3 Å². The van der Waals surface area contributed by atoms with E-state index in [1.54, 1.807) is 89.9 Å². The van der Waals surface area contributed by atoms with Gasteiger partial charge in [0.05, 0.1) is 27.9 Å². The van der Waals surface area contributed by atoms with Gasteiger partial charge in [-0.15, -0.1) is 4.09 Å². The van der Waals surface area contributed by atoms with Crippen molar-refractivity contribution in [3.8, 4) is 22.5 Å². The predicted octanol–water partition coefficient (Wildman–Crippen LogP) is 6.57. The minimum atomic E-state index is -3.86. The van der Waals surface area contributed by atoms with Gasteiger partial charge in [0.2, 0.25) is 0 Å². The van der Waals surface area contributed by atoms with Gasteiger partial charge in [0, 0.05) is 80.4 Å². The lowest BCUT2D eigenvalue weighted by Crippen LogP contribution is -2.15. The Kier molecular flexibility index (Phi) is 10.5. The van der Waals surface area contributed by atoms with Gasteiger partial charge in [0.15, 0.2) is 11.3 Å². The zero-order valence-electron chi connectivity index (χ0n) is 26.5. The van der Waals surface area contributed by atoms with Crippen molar-refractivity contribution in [1.29, 1.82) is 0 Å². The number of hydrogen-bond donors (Lipinski definition) is 1. The van der Waals surface area contributed by atoms with E-state index in [4.69, 9.17) is 10.7 Å². The monoisotopic (exact) mass is 870 g/mol. The van der Waals surface area contributed by atoms with E-state index in [-0.39, 0.29) is 15.4 Å². The molecule has 0 saturated carbocycles. The Balaban J connectivity index is 0.000000147. The molecule has 1 N–H and O–H groups in total. The highest BCUT2D eigenvalue weighted by Crippen LogP contribution is 2.31. The molecule has 2 aromatic carbocycles. The van der Waals surface area contributed by atoms with Gasteiger partial charge in [-0.3, -0.25) is 14.5 Å². The quantitative estimate of drug-likeness (QED) is 0.186.